The molecule has 3 heteroatoms. The Balaban J connectivity index is 1.73. The van der Waals surface area contributed by atoms with E-state index in [1.165, 1.54) is 44.1 Å². The Hall–Kier alpha value is -1.06. The highest BCUT2D eigenvalue weighted by atomic mass is 16.3. The molecule has 1 aliphatic carbocycles. The second kappa shape index (κ2) is 6.37. The number of benzene rings is 1. The van der Waals surface area contributed by atoms with Gasteiger partial charge in [0.1, 0.15) is 5.75 Å². The standard InChI is InChI=1S/C18H28N2O/c1-2-16-12-19-18(9-4-3-5-10-18)14-20(16)13-15-7-6-8-17(21)11-15/h6-8,11,16,19,21H,2-5,9-10,12-14H2,1H3. The summed E-state index contributed by atoms with van der Waals surface area (Å²) in [6, 6.07) is 8.34. The molecule has 1 aliphatic heterocycles. The van der Waals surface area contributed by atoms with Crippen LogP contribution in [0.1, 0.15) is 51.0 Å². The van der Waals surface area contributed by atoms with Crippen LogP contribution in [0.3, 0.4) is 0 Å². The Morgan fingerprint density at radius 2 is 2.10 bits per heavy atom. The maximum Gasteiger partial charge on any atom is 0.115 e. The average molecular weight is 288 g/mol. The number of nitrogens with one attached hydrogen (secondary N) is 1. The lowest BCUT2D eigenvalue weighted by molar-refractivity contribution is 0.0484. The van der Waals surface area contributed by atoms with E-state index in [1.807, 2.05) is 12.1 Å². The third kappa shape index (κ3) is 3.41. The van der Waals surface area contributed by atoms with Crippen LogP contribution < -0.4 is 5.32 Å². The Labute approximate surface area is 128 Å². The summed E-state index contributed by atoms with van der Waals surface area (Å²) in [6.45, 7) is 5.49. The highest BCUT2D eigenvalue weighted by Crippen LogP contribution is 2.33. The molecule has 21 heavy (non-hydrogen) atoms. The summed E-state index contributed by atoms with van der Waals surface area (Å²) in [5, 5.41) is 13.5. The fourth-order valence-corrected chi connectivity index (χ4v) is 4.08. The van der Waals surface area contributed by atoms with E-state index in [9.17, 15) is 5.11 Å². The molecule has 1 unspecified atom stereocenters. The molecule has 1 heterocycles. The molecular weight excluding hydrogens is 260 g/mol. The lowest BCUT2D eigenvalue weighted by Crippen LogP contribution is -2.64. The van der Waals surface area contributed by atoms with Crippen molar-refractivity contribution in [1.29, 1.82) is 0 Å². The first-order valence-electron chi connectivity index (χ1n) is 8.48. The third-order valence-electron chi connectivity index (χ3n) is 5.31. The van der Waals surface area contributed by atoms with Gasteiger partial charge in [-0.3, -0.25) is 4.90 Å². The summed E-state index contributed by atoms with van der Waals surface area (Å²) in [7, 11) is 0. The maximum absolute atomic E-state index is 9.68. The normalized spacial score (nSPS) is 26.0. The van der Waals surface area contributed by atoms with Crippen molar-refractivity contribution in [2.24, 2.45) is 0 Å². The fourth-order valence-electron chi connectivity index (χ4n) is 4.08. The van der Waals surface area contributed by atoms with Gasteiger partial charge in [0.25, 0.3) is 0 Å². The molecule has 1 aromatic carbocycles. The topological polar surface area (TPSA) is 35.5 Å². The first-order valence-corrected chi connectivity index (χ1v) is 8.48. The molecule has 0 bridgehead atoms. The predicted molar refractivity (Wildman–Crippen MR) is 86.4 cm³/mol. The minimum Gasteiger partial charge on any atom is -0.508 e. The van der Waals surface area contributed by atoms with Gasteiger partial charge < -0.3 is 10.4 Å². The highest BCUT2D eigenvalue weighted by molar-refractivity contribution is 5.27. The van der Waals surface area contributed by atoms with Crippen molar-refractivity contribution >= 4 is 0 Å². The van der Waals surface area contributed by atoms with Gasteiger partial charge in [-0.05, 0) is 37.0 Å². The fraction of sp³-hybridized carbons (Fsp3) is 0.667. The number of piperazine rings is 1. The summed E-state index contributed by atoms with van der Waals surface area (Å²) >= 11 is 0. The van der Waals surface area contributed by atoms with Crippen LogP contribution in [-0.2, 0) is 6.54 Å². The Morgan fingerprint density at radius 1 is 1.29 bits per heavy atom. The van der Waals surface area contributed by atoms with Gasteiger partial charge in [0.2, 0.25) is 0 Å². The average Bonchev–Trinajstić information content (AvgIpc) is 2.48. The number of hydrogen-bond donors (Lipinski definition) is 2. The maximum atomic E-state index is 9.68. The minimum atomic E-state index is 0.348. The summed E-state index contributed by atoms with van der Waals surface area (Å²) in [6.07, 6.45) is 7.95. The Morgan fingerprint density at radius 3 is 2.81 bits per heavy atom. The lowest BCUT2D eigenvalue weighted by atomic mass is 9.79. The molecule has 3 nitrogen and oxygen atoms in total. The molecule has 1 aromatic rings. The van der Waals surface area contributed by atoms with Crippen LogP contribution in [0.5, 0.6) is 5.75 Å². The highest BCUT2D eigenvalue weighted by Gasteiger charge is 2.39. The van der Waals surface area contributed by atoms with Gasteiger partial charge >= 0.3 is 0 Å². The Kier molecular flexibility index (Phi) is 4.51. The number of nitrogens with zero attached hydrogens (tertiary/aromatic N) is 1. The van der Waals surface area contributed by atoms with E-state index < -0.39 is 0 Å². The van der Waals surface area contributed by atoms with Crippen molar-refractivity contribution in [3.8, 4) is 5.75 Å². The number of aromatic hydroxyl groups is 1. The molecule has 0 aromatic heterocycles. The molecule has 1 atom stereocenters. The van der Waals surface area contributed by atoms with Gasteiger partial charge in [-0.1, -0.05) is 38.3 Å². The van der Waals surface area contributed by atoms with Gasteiger partial charge in [-0.2, -0.15) is 0 Å². The largest absolute Gasteiger partial charge is 0.508 e. The van der Waals surface area contributed by atoms with Gasteiger partial charge in [0, 0.05) is 31.2 Å². The zero-order chi connectivity index (χ0) is 14.7. The molecule has 2 fully saturated rings. The molecular formula is C18H28N2O. The van der Waals surface area contributed by atoms with Crippen LogP contribution in [0.25, 0.3) is 0 Å². The van der Waals surface area contributed by atoms with E-state index in [2.05, 4.69) is 23.2 Å². The second-order valence-electron chi connectivity index (χ2n) is 6.86. The Bertz CT molecular complexity index is 468. The zero-order valence-corrected chi connectivity index (χ0v) is 13.1. The lowest BCUT2D eigenvalue weighted by Gasteiger charge is -2.49. The summed E-state index contributed by atoms with van der Waals surface area (Å²) < 4.78 is 0. The van der Waals surface area contributed by atoms with Crippen LogP contribution in [-0.4, -0.2) is 34.7 Å². The van der Waals surface area contributed by atoms with Crippen LogP contribution in [0, 0.1) is 0 Å². The van der Waals surface area contributed by atoms with Crippen molar-refractivity contribution in [2.75, 3.05) is 13.1 Å². The molecule has 2 N–H and O–H groups in total. The smallest absolute Gasteiger partial charge is 0.115 e. The molecule has 1 spiro atoms. The van der Waals surface area contributed by atoms with Gasteiger partial charge in [0.05, 0.1) is 0 Å². The van der Waals surface area contributed by atoms with Crippen molar-refractivity contribution in [2.45, 2.75) is 63.6 Å². The summed E-state index contributed by atoms with van der Waals surface area (Å²) in [5.41, 5.74) is 1.57. The van der Waals surface area contributed by atoms with Crippen molar-refractivity contribution in [3.05, 3.63) is 29.8 Å². The molecule has 1 saturated heterocycles. The molecule has 1 saturated carbocycles. The van der Waals surface area contributed by atoms with Gasteiger partial charge in [-0.15, -0.1) is 0 Å². The molecule has 116 valence electrons. The molecule has 0 radical (unpaired) electrons. The van der Waals surface area contributed by atoms with Gasteiger partial charge in [-0.25, -0.2) is 0 Å². The van der Waals surface area contributed by atoms with E-state index in [-0.39, 0.29) is 0 Å². The quantitative estimate of drug-likeness (QED) is 0.896. The summed E-state index contributed by atoms with van der Waals surface area (Å²) in [4.78, 5) is 2.64. The van der Waals surface area contributed by atoms with Crippen LogP contribution in [0.15, 0.2) is 24.3 Å². The van der Waals surface area contributed by atoms with E-state index in [1.54, 1.807) is 6.07 Å². The minimum absolute atomic E-state index is 0.348. The van der Waals surface area contributed by atoms with Gasteiger partial charge in [0.15, 0.2) is 0 Å². The number of hydrogen-bond acceptors (Lipinski definition) is 3. The van der Waals surface area contributed by atoms with E-state index in [0.29, 0.717) is 17.3 Å². The van der Waals surface area contributed by atoms with Crippen LogP contribution in [0.4, 0.5) is 0 Å². The third-order valence-corrected chi connectivity index (χ3v) is 5.31. The van der Waals surface area contributed by atoms with Crippen molar-refractivity contribution < 1.29 is 5.11 Å². The first-order chi connectivity index (χ1) is 10.2. The molecule has 3 rings (SSSR count). The van der Waals surface area contributed by atoms with Crippen molar-refractivity contribution in [3.63, 3.8) is 0 Å². The number of phenols is 1. The summed E-state index contributed by atoms with van der Waals surface area (Å²) in [5.74, 6) is 0.378. The number of phenolic OH excluding ortho intramolecular Hbond substituents is 1. The van der Waals surface area contributed by atoms with Crippen LogP contribution in [0.2, 0.25) is 0 Å². The second-order valence-corrected chi connectivity index (χ2v) is 6.86. The monoisotopic (exact) mass is 288 g/mol. The SMILES string of the molecule is CCC1CNC2(CCCCC2)CN1Cc1cccc(O)c1. The van der Waals surface area contributed by atoms with E-state index >= 15 is 0 Å². The van der Waals surface area contributed by atoms with Crippen LogP contribution >= 0.6 is 0 Å². The predicted octanol–water partition coefficient (Wildman–Crippen LogP) is 3.28. The van der Waals surface area contributed by atoms with Crippen molar-refractivity contribution in [1.82, 2.24) is 10.2 Å². The van der Waals surface area contributed by atoms with E-state index in [4.69, 9.17) is 0 Å². The number of rotatable bonds is 3. The molecule has 0 amide bonds. The molecule has 2 aliphatic rings. The van der Waals surface area contributed by atoms with E-state index in [0.717, 1.165) is 19.6 Å². The zero-order valence-electron chi connectivity index (χ0n) is 13.1. The first kappa shape index (κ1) is 14.9.